The largest absolute Gasteiger partial charge is 0.324 e. The van der Waals surface area contributed by atoms with Crippen molar-refractivity contribution in [2.45, 2.75) is 20.4 Å². The molecule has 0 atom stereocenters. The standard InChI is InChI=1S/C17H16N4O2/c1-11-5-3-6-12(2)15(11)20-14(22)9-21-10-19-16-13(17(21)23)7-4-8-18-16/h3-8,10H,9H2,1-2H3,(H,20,22). The summed E-state index contributed by atoms with van der Waals surface area (Å²) in [5, 5.41) is 3.26. The van der Waals surface area contributed by atoms with E-state index in [0.29, 0.717) is 11.0 Å². The number of aryl methyl sites for hydroxylation is 2. The van der Waals surface area contributed by atoms with Crippen LogP contribution in [0.3, 0.4) is 0 Å². The van der Waals surface area contributed by atoms with E-state index in [-0.39, 0.29) is 18.0 Å². The molecule has 116 valence electrons. The van der Waals surface area contributed by atoms with Gasteiger partial charge in [0.15, 0.2) is 5.65 Å². The van der Waals surface area contributed by atoms with E-state index in [0.717, 1.165) is 16.8 Å². The first-order chi connectivity index (χ1) is 11.1. The Balaban J connectivity index is 1.86. The number of benzene rings is 1. The molecule has 0 saturated carbocycles. The lowest BCUT2D eigenvalue weighted by molar-refractivity contribution is -0.116. The zero-order valence-electron chi connectivity index (χ0n) is 12.9. The van der Waals surface area contributed by atoms with Crippen LogP contribution in [0.15, 0.2) is 47.7 Å². The molecule has 2 heterocycles. The Labute approximate surface area is 132 Å². The number of fused-ring (bicyclic) bond motifs is 1. The number of nitrogens with one attached hydrogen (secondary N) is 1. The molecule has 0 radical (unpaired) electrons. The van der Waals surface area contributed by atoms with Crippen LogP contribution >= 0.6 is 0 Å². The summed E-state index contributed by atoms with van der Waals surface area (Å²) in [5.41, 5.74) is 2.84. The van der Waals surface area contributed by atoms with Crippen molar-refractivity contribution >= 4 is 22.6 Å². The molecule has 0 aliphatic rings. The number of pyridine rings is 1. The number of anilines is 1. The summed E-state index contributed by atoms with van der Waals surface area (Å²) in [6.07, 6.45) is 2.93. The first kappa shape index (κ1) is 14.9. The monoisotopic (exact) mass is 308 g/mol. The van der Waals surface area contributed by atoms with Gasteiger partial charge in [0.2, 0.25) is 5.91 Å². The second-order valence-electron chi connectivity index (χ2n) is 5.37. The maximum absolute atomic E-state index is 12.4. The number of amides is 1. The van der Waals surface area contributed by atoms with Gasteiger partial charge in [0.1, 0.15) is 12.9 Å². The van der Waals surface area contributed by atoms with Gasteiger partial charge in [-0.2, -0.15) is 0 Å². The summed E-state index contributed by atoms with van der Waals surface area (Å²) in [7, 11) is 0. The highest BCUT2D eigenvalue weighted by molar-refractivity contribution is 5.92. The van der Waals surface area contributed by atoms with Crippen LogP contribution in [-0.4, -0.2) is 20.4 Å². The predicted octanol–water partition coefficient (Wildman–Crippen LogP) is 2.05. The first-order valence-corrected chi connectivity index (χ1v) is 7.22. The molecule has 1 N–H and O–H groups in total. The number of hydrogen-bond acceptors (Lipinski definition) is 4. The van der Waals surface area contributed by atoms with Gasteiger partial charge in [-0.1, -0.05) is 18.2 Å². The van der Waals surface area contributed by atoms with E-state index < -0.39 is 0 Å². The highest BCUT2D eigenvalue weighted by Crippen LogP contribution is 2.19. The van der Waals surface area contributed by atoms with E-state index in [1.807, 2.05) is 32.0 Å². The van der Waals surface area contributed by atoms with Crippen LogP contribution in [0.5, 0.6) is 0 Å². The minimum atomic E-state index is -0.278. The first-order valence-electron chi connectivity index (χ1n) is 7.22. The second-order valence-corrected chi connectivity index (χ2v) is 5.37. The maximum Gasteiger partial charge on any atom is 0.263 e. The van der Waals surface area contributed by atoms with Crippen molar-refractivity contribution in [3.63, 3.8) is 0 Å². The van der Waals surface area contributed by atoms with Crippen LogP contribution in [0.2, 0.25) is 0 Å². The molecule has 23 heavy (non-hydrogen) atoms. The van der Waals surface area contributed by atoms with Crippen molar-refractivity contribution in [3.05, 3.63) is 64.3 Å². The lowest BCUT2D eigenvalue weighted by atomic mass is 10.1. The molecular formula is C17H16N4O2. The highest BCUT2D eigenvalue weighted by atomic mass is 16.2. The van der Waals surface area contributed by atoms with Crippen LogP contribution in [-0.2, 0) is 11.3 Å². The summed E-state index contributed by atoms with van der Waals surface area (Å²) >= 11 is 0. The molecular weight excluding hydrogens is 292 g/mol. The van der Waals surface area contributed by atoms with Gasteiger partial charge in [-0.3, -0.25) is 14.2 Å². The van der Waals surface area contributed by atoms with Crippen LogP contribution in [0.4, 0.5) is 5.69 Å². The molecule has 3 rings (SSSR count). The number of carbonyl (C=O) groups excluding carboxylic acids is 1. The molecule has 1 amide bonds. The Morgan fingerprint density at radius 1 is 1.13 bits per heavy atom. The molecule has 0 spiro atoms. The second kappa shape index (κ2) is 6.00. The average Bonchev–Trinajstić information content (AvgIpc) is 2.54. The molecule has 0 aliphatic carbocycles. The average molecular weight is 308 g/mol. The number of para-hydroxylation sites is 1. The van der Waals surface area contributed by atoms with Gasteiger partial charge in [0, 0.05) is 11.9 Å². The van der Waals surface area contributed by atoms with Crippen molar-refractivity contribution in [1.29, 1.82) is 0 Å². The van der Waals surface area contributed by atoms with E-state index in [4.69, 9.17) is 0 Å². The zero-order valence-corrected chi connectivity index (χ0v) is 12.9. The third-order valence-corrected chi connectivity index (χ3v) is 3.66. The molecule has 0 aliphatic heterocycles. The molecule has 6 nitrogen and oxygen atoms in total. The van der Waals surface area contributed by atoms with Gasteiger partial charge in [-0.05, 0) is 37.1 Å². The summed E-state index contributed by atoms with van der Waals surface area (Å²) in [6.45, 7) is 3.76. The predicted molar refractivity (Wildman–Crippen MR) is 88.3 cm³/mol. The third-order valence-electron chi connectivity index (χ3n) is 3.66. The molecule has 0 fully saturated rings. The van der Waals surface area contributed by atoms with E-state index >= 15 is 0 Å². The molecule has 2 aromatic heterocycles. The van der Waals surface area contributed by atoms with Gasteiger partial charge in [0.05, 0.1) is 5.39 Å². The lowest BCUT2D eigenvalue weighted by Crippen LogP contribution is -2.28. The Kier molecular flexibility index (Phi) is 3.89. The van der Waals surface area contributed by atoms with Crippen LogP contribution in [0.25, 0.3) is 11.0 Å². The van der Waals surface area contributed by atoms with E-state index in [2.05, 4.69) is 15.3 Å². The Hall–Kier alpha value is -3.02. The van der Waals surface area contributed by atoms with Crippen LogP contribution in [0, 0.1) is 13.8 Å². The van der Waals surface area contributed by atoms with E-state index in [1.54, 1.807) is 18.3 Å². The fraction of sp³-hybridized carbons (Fsp3) is 0.176. The van der Waals surface area contributed by atoms with Crippen LogP contribution in [0.1, 0.15) is 11.1 Å². The third kappa shape index (κ3) is 2.96. The van der Waals surface area contributed by atoms with Crippen molar-refractivity contribution in [3.8, 4) is 0 Å². The van der Waals surface area contributed by atoms with Gasteiger partial charge < -0.3 is 5.32 Å². The summed E-state index contributed by atoms with van der Waals surface area (Å²) < 4.78 is 1.28. The number of aromatic nitrogens is 3. The molecule has 0 saturated heterocycles. The van der Waals surface area contributed by atoms with Crippen LogP contribution < -0.4 is 10.9 Å². The Morgan fingerprint density at radius 3 is 2.61 bits per heavy atom. The zero-order chi connectivity index (χ0) is 16.4. The van der Waals surface area contributed by atoms with Crippen molar-refractivity contribution in [2.24, 2.45) is 0 Å². The summed E-state index contributed by atoms with van der Waals surface area (Å²) in [4.78, 5) is 32.8. The lowest BCUT2D eigenvalue weighted by Gasteiger charge is -2.12. The minimum absolute atomic E-state index is 0.0928. The number of rotatable bonds is 3. The van der Waals surface area contributed by atoms with Gasteiger partial charge >= 0.3 is 0 Å². The smallest absolute Gasteiger partial charge is 0.263 e. The maximum atomic E-state index is 12.4. The number of nitrogens with zero attached hydrogens (tertiary/aromatic N) is 3. The number of hydrogen-bond donors (Lipinski definition) is 1. The van der Waals surface area contributed by atoms with Gasteiger partial charge in [-0.25, -0.2) is 9.97 Å². The van der Waals surface area contributed by atoms with Crippen molar-refractivity contribution in [1.82, 2.24) is 14.5 Å². The summed E-state index contributed by atoms with van der Waals surface area (Å²) in [6, 6.07) is 9.12. The quantitative estimate of drug-likeness (QED) is 0.803. The van der Waals surface area contributed by atoms with E-state index in [1.165, 1.54) is 10.9 Å². The minimum Gasteiger partial charge on any atom is -0.324 e. The fourth-order valence-electron chi connectivity index (χ4n) is 2.46. The topological polar surface area (TPSA) is 76.9 Å². The Bertz CT molecular complexity index is 926. The molecule has 6 heteroatoms. The van der Waals surface area contributed by atoms with E-state index in [9.17, 15) is 9.59 Å². The van der Waals surface area contributed by atoms with Gasteiger partial charge in [-0.15, -0.1) is 0 Å². The Morgan fingerprint density at radius 2 is 1.87 bits per heavy atom. The number of carbonyl (C=O) groups is 1. The van der Waals surface area contributed by atoms with Gasteiger partial charge in [0.25, 0.3) is 5.56 Å². The van der Waals surface area contributed by atoms with Crippen molar-refractivity contribution < 1.29 is 4.79 Å². The molecule has 3 aromatic rings. The SMILES string of the molecule is Cc1cccc(C)c1NC(=O)Cn1cnc2ncccc2c1=O. The normalized spacial score (nSPS) is 10.7. The van der Waals surface area contributed by atoms with Crippen molar-refractivity contribution in [2.75, 3.05) is 5.32 Å². The summed E-state index contributed by atoms with van der Waals surface area (Å²) in [5.74, 6) is -0.269. The molecule has 0 unspecified atom stereocenters. The fourth-order valence-corrected chi connectivity index (χ4v) is 2.46. The highest BCUT2D eigenvalue weighted by Gasteiger charge is 2.10. The molecule has 0 bridgehead atoms. The molecule has 1 aromatic carbocycles.